The van der Waals surface area contributed by atoms with Gasteiger partial charge in [-0.2, -0.15) is 11.8 Å². The topological polar surface area (TPSA) is 35.2 Å². The number of thioether (sulfide) groups is 1. The highest BCUT2D eigenvalue weighted by Gasteiger charge is 2.06. The van der Waals surface area contributed by atoms with Crippen LogP contribution in [0.1, 0.15) is 32.8 Å². The fraction of sp³-hybridized carbons (Fsp3) is 0.600. The van der Waals surface area contributed by atoms with E-state index < -0.39 is 0 Å². The summed E-state index contributed by atoms with van der Waals surface area (Å²) in [5, 5.41) is 0.730. The van der Waals surface area contributed by atoms with Crippen LogP contribution in [0.25, 0.3) is 0 Å². The third-order valence-electron chi connectivity index (χ3n) is 3.04. The monoisotopic (exact) mass is 267 g/mol. The molecular formula is C15H25NOS. The molecule has 0 amide bonds. The Balaban J connectivity index is 2.14. The number of nitrogens with two attached hydrogens (primary N) is 1. The number of hydrogen-bond donors (Lipinski definition) is 1. The van der Waals surface area contributed by atoms with Gasteiger partial charge in [-0.05, 0) is 35.8 Å². The predicted octanol–water partition coefficient (Wildman–Crippen LogP) is 3.69. The summed E-state index contributed by atoms with van der Waals surface area (Å²) in [6.45, 7) is 8.21. The van der Waals surface area contributed by atoms with Gasteiger partial charge in [-0.3, -0.25) is 0 Å². The Morgan fingerprint density at radius 3 is 2.39 bits per heavy atom. The van der Waals surface area contributed by atoms with Crippen LogP contribution in [0.3, 0.4) is 0 Å². The Kier molecular flexibility index (Phi) is 7.21. The molecule has 0 aliphatic carbocycles. The van der Waals surface area contributed by atoms with Gasteiger partial charge in [-0.1, -0.05) is 32.9 Å². The Morgan fingerprint density at radius 1 is 1.17 bits per heavy atom. The van der Waals surface area contributed by atoms with Crippen molar-refractivity contribution in [1.82, 2.24) is 0 Å². The van der Waals surface area contributed by atoms with Crippen molar-refractivity contribution in [2.24, 2.45) is 11.7 Å². The zero-order valence-corrected chi connectivity index (χ0v) is 12.5. The van der Waals surface area contributed by atoms with Gasteiger partial charge in [0.15, 0.2) is 0 Å². The summed E-state index contributed by atoms with van der Waals surface area (Å²) in [6.07, 6.45) is 1.10. The third kappa shape index (κ3) is 5.78. The highest BCUT2D eigenvalue weighted by molar-refractivity contribution is 7.99. The van der Waals surface area contributed by atoms with Crippen LogP contribution < -0.4 is 10.5 Å². The smallest absolute Gasteiger partial charge is 0.119 e. The first-order valence-corrected chi connectivity index (χ1v) is 7.71. The summed E-state index contributed by atoms with van der Waals surface area (Å²) in [4.78, 5) is 0. The molecule has 0 radical (unpaired) electrons. The summed E-state index contributed by atoms with van der Waals surface area (Å²) in [7, 11) is 0. The second-order valence-electron chi connectivity index (χ2n) is 4.87. The van der Waals surface area contributed by atoms with Crippen LogP contribution in [0.15, 0.2) is 24.3 Å². The van der Waals surface area contributed by atoms with Gasteiger partial charge in [0.25, 0.3) is 0 Å². The van der Waals surface area contributed by atoms with Crippen molar-refractivity contribution < 1.29 is 4.74 Å². The summed E-state index contributed by atoms with van der Waals surface area (Å²) in [5.41, 5.74) is 6.69. The molecule has 2 N–H and O–H groups in total. The van der Waals surface area contributed by atoms with Gasteiger partial charge >= 0.3 is 0 Å². The normalized spacial score (nSPS) is 12.7. The first-order valence-electron chi connectivity index (χ1n) is 6.67. The van der Waals surface area contributed by atoms with Gasteiger partial charge in [0.1, 0.15) is 5.75 Å². The van der Waals surface area contributed by atoms with Crippen molar-refractivity contribution in [2.45, 2.75) is 39.0 Å². The molecule has 0 fully saturated rings. The van der Waals surface area contributed by atoms with Gasteiger partial charge < -0.3 is 10.5 Å². The van der Waals surface area contributed by atoms with Crippen molar-refractivity contribution in [3.63, 3.8) is 0 Å². The second kappa shape index (κ2) is 8.44. The summed E-state index contributed by atoms with van der Waals surface area (Å²) < 4.78 is 5.69. The first-order chi connectivity index (χ1) is 8.63. The molecule has 1 atom stereocenters. The second-order valence-corrected chi connectivity index (χ2v) is 6.36. The molecule has 0 saturated heterocycles. The van der Waals surface area contributed by atoms with Crippen molar-refractivity contribution >= 4 is 11.8 Å². The van der Waals surface area contributed by atoms with E-state index in [1.54, 1.807) is 0 Å². The molecule has 0 spiro atoms. The lowest BCUT2D eigenvalue weighted by Crippen LogP contribution is -2.08. The van der Waals surface area contributed by atoms with Crippen molar-refractivity contribution in [1.29, 1.82) is 0 Å². The van der Waals surface area contributed by atoms with E-state index in [4.69, 9.17) is 10.5 Å². The molecule has 102 valence electrons. The molecule has 0 aliphatic rings. The molecule has 3 heteroatoms. The highest BCUT2D eigenvalue weighted by Crippen LogP contribution is 2.19. The average molecular weight is 267 g/mol. The lowest BCUT2D eigenvalue weighted by Gasteiger charge is -2.14. The standard InChI is InChI=1S/C15H25NOS/c1-12(2)13(3)18-10-4-9-17-15-7-5-14(11-16)6-8-15/h5-8,12-13H,4,9-11,16H2,1-3H3. The van der Waals surface area contributed by atoms with E-state index in [2.05, 4.69) is 20.8 Å². The van der Waals surface area contributed by atoms with E-state index in [-0.39, 0.29) is 0 Å². The highest BCUT2D eigenvalue weighted by atomic mass is 32.2. The van der Waals surface area contributed by atoms with Gasteiger partial charge in [-0.15, -0.1) is 0 Å². The first kappa shape index (κ1) is 15.4. The van der Waals surface area contributed by atoms with Gasteiger partial charge in [0.2, 0.25) is 0 Å². The van der Waals surface area contributed by atoms with Gasteiger partial charge in [0.05, 0.1) is 6.61 Å². The maximum absolute atomic E-state index is 5.69. The fourth-order valence-corrected chi connectivity index (χ4v) is 2.47. The minimum atomic E-state index is 0.587. The minimum absolute atomic E-state index is 0.587. The SMILES string of the molecule is CC(C)C(C)SCCCOc1ccc(CN)cc1. The molecule has 1 unspecified atom stereocenters. The van der Waals surface area contributed by atoms with Crippen LogP contribution in [-0.4, -0.2) is 17.6 Å². The maximum atomic E-state index is 5.69. The molecule has 0 aromatic heterocycles. The molecule has 0 aliphatic heterocycles. The van der Waals surface area contributed by atoms with E-state index in [1.807, 2.05) is 36.0 Å². The number of benzene rings is 1. The van der Waals surface area contributed by atoms with E-state index in [0.717, 1.165) is 35.5 Å². The predicted molar refractivity (Wildman–Crippen MR) is 81.2 cm³/mol. The Morgan fingerprint density at radius 2 is 1.83 bits per heavy atom. The van der Waals surface area contributed by atoms with Gasteiger partial charge in [0, 0.05) is 11.8 Å². The zero-order chi connectivity index (χ0) is 13.4. The fourth-order valence-electron chi connectivity index (χ4n) is 1.43. The summed E-state index contributed by atoms with van der Waals surface area (Å²) in [6, 6.07) is 8.02. The van der Waals surface area contributed by atoms with Crippen LogP contribution in [0, 0.1) is 5.92 Å². The van der Waals surface area contributed by atoms with Crippen LogP contribution in [0.2, 0.25) is 0 Å². The quantitative estimate of drug-likeness (QED) is 0.730. The van der Waals surface area contributed by atoms with E-state index >= 15 is 0 Å². The molecule has 0 heterocycles. The lowest BCUT2D eigenvalue weighted by atomic mass is 10.2. The minimum Gasteiger partial charge on any atom is -0.494 e. The molecule has 1 rings (SSSR count). The van der Waals surface area contributed by atoms with E-state index in [9.17, 15) is 0 Å². The van der Waals surface area contributed by atoms with Crippen LogP contribution in [0.4, 0.5) is 0 Å². The molecule has 18 heavy (non-hydrogen) atoms. The molecular weight excluding hydrogens is 242 g/mol. The molecule has 0 bridgehead atoms. The Labute approximate surface area is 115 Å². The van der Waals surface area contributed by atoms with Crippen LogP contribution in [0.5, 0.6) is 5.75 Å². The van der Waals surface area contributed by atoms with Crippen molar-refractivity contribution in [2.75, 3.05) is 12.4 Å². The largest absolute Gasteiger partial charge is 0.494 e. The number of rotatable bonds is 8. The zero-order valence-electron chi connectivity index (χ0n) is 11.7. The Bertz CT molecular complexity index is 324. The van der Waals surface area contributed by atoms with Gasteiger partial charge in [-0.25, -0.2) is 0 Å². The molecule has 1 aromatic carbocycles. The molecule has 2 nitrogen and oxygen atoms in total. The summed E-state index contributed by atoms with van der Waals surface area (Å²) >= 11 is 2.03. The Hall–Kier alpha value is -0.670. The third-order valence-corrected chi connectivity index (χ3v) is 4.63. The van der Waals surface area contributed by atoms with Crippen molar-refractivity contribution in [3.8, 4) is 5.75 Å². The maximum Gasteiger partial charge on any atom is 0.119 e. The van der Waals surface area contributed by atoms with Crippen LogP contribution in [-0.2, 0) is 6.54 Å². The molecule has 1 aromatic rings. The van der Waals surface area contributed by atoms with E-state index in [0.29, 0.717) is 6.54 Å². The number of hydrogen-bond acceptors (Lipinski definition) is 3. The van der Waals surface area contributed by atoms with Crippen LogP contribution >= 0.6 is 11.8 Å². The molecule has 0 saturated carbocycles. The van der Waals surface area contributed by atoms with Crippen molar-refractivity contribution in [3.05, 3.63) is 29.8 Å². The average Bonchev–Trinajstić information content (AvgIpc) is 2.38. The van der Waals surface area contributed by atoms with E-state index in [1.165, 1.54) is 5.75 Å². The number of ether oxygens (including phenoxy) is 1. The summed E-state index contributed by atoms with van der Waals surface area (Å²) in [5.74, 6) is 2.86. The lowest BCUT2D eigenvalue weighted by molar-refractivity contribution is 0.318.